The quantitative estimate of drug-likeness (QED) is 0.473. The van der Waals surface area contributed by atoms with Gasteiger partial charge in [0, 0.05) is 29.9 Å². The number of carbonyl (C=O) groups excluding carboxylic acids is 1. The molecule has 1 amide bonds. The molecule has 28 heavy (non-hydrogen) atoms. The topological polar surface area (TPSA) is 113 Å². The van der Waals surface area contributed by atoms with Gasteiger partial charge in [0.2, 0.25) is 5.91 Å². The second kappa shape index (κ2) is 7.43. The van der Waals surface area contributed by atoms with E-state index >= 15 is 0 Å². The van der Waals surface area contributed by atoms with Crippen LogP contribution in [0.25, 0.3) is 22.2 Å². The molecule has 4 rings (SSSR count). The Morgan fingerprint density at radius 2 is 2.07 bits per heavy atom. The zero-order chi connectivity index (χ0) is 19.5. The number of benzene rings is 2. The Morgan fingerprint density at radius 1 is 1.25 bits per heavy atom. The first-order valence-electron chi connectivity index (χ1n) is 8.68. The van der Waals surface area contributed by atoms with E-state index in [4.69, 9.17) is 9.15 Å². The summed E-state index contributed by atoms with van der Waals surface area (Å²) in [6.07, 6.45) is 2.21. The standard InChI is InChI=1S/C20H18N4O4/c1-27-14-5-2-12(3-6-14)17-11-21-19(28-17)9-8-18(26)22-20-15-7-4-13(25)10-16(15)23-24-20/h2-7,10-11,25H,8-9H2,1H3,(H2,22,23,24,26). The summed E-state index contributed by atoms with van der Waals surface area (Å²) in [5, 5.41) is 19.8. The summed E-state index contributed by atoms with van der Waals surface area (Å²) >= 11 is 0. The lowest BCUT2D eigenvalue weighted by atomic mass is 10.2. The highest BCUT2D eigenvalue weighted by molar-refractivity contribution is 5.99. The number of aromatic hydroxyl groups is 1. The molecule has 0 spiro atoms. The van der Waals surface area contributed by atoms with Gasteiger partial charge in [-0.25, -0.2) is 4.98 Å². The van der Waals surface area contributed by atoms with Crippen molar-refractivity contribution < 1.29 is 19.1 Å². The van der Waals surface area contributed by atoms with Crippen LogP contribution in [0, 0.1) is 0 Å². The van der Waals surface area contributed by atoms with E-state index < -0.39 is 0 Å². The van der Waals surface area contributed by atoms with Gasteiger partial charge >= 0.3 is 0 Å². The lowest BCUT2D eigenvalue weighted by Gasteiger charge is -2.02. The number of oxazole rings is 1. The number of aryl methyl sites for hydroxylation is 1. The molecule has 0 aliphatic heterocycles. The number of phenolic OH excluding ortho intramolecular Hbond substituents is 1. The molecule has 0 fully saturated rings. The maximum absolute atomic E-state index is 12.2. The predicted octanol–water partition coefficient (Wildman–Crippen LogP) is 3.50. The Morgan fingerprint density at radius 3 is 2.86 bits per heavy atom. The Bertz CT molecular complexity index is 1110. The second-order valence-corrected chi connectivity index (χ2v) is 6.20. The Kier molecular flexibility index (Phi) is 4.67. The van der Waals surface area contributed by atoms with Crippen molar-refractivity contribution >= 4 is 22.6 Å². The summed E-state index contributed by atoms with van der Waals surface area (Å²) in [6, 6.07) is 12.2. The summed E-state index contributed by atoms with van der Waals surface area (Å²) in [5.74, 6) is 2.23. The van der Waals surface area contributed by atoms with Gasteiger partial charge in [0.25, 0.3) is 0 Å². The average molecular weight is 378 g/mol. The van der Waals surface area contributed by atoms with Crippen LogP contribution >= 0.6 is 0 Å². The number of anilines is 1. The Balaban J connectivity index is 1.37. The van der Waals surface area contributed by atoms with E-state index in [9.17, 15) is 9.90 Å². The zero-order valence-electron chi connectivity index (χ0n) is 15.1. The molecular formula is C20H18N4O4. The normalized spacial score (nSPS) is 10.9. The van der Waals surface area contributed by atoms with Crippen LogP contribution in [0.2, 0.25) is 0 Å². The zero-order valence-corrected chi connectivity index (χ0v) is 15.1. The highest BCUT2D eigenvalue weighted by atomic mass is 16.5. The van der Waals surface area contributed by atoms with Crippen LogP contribution in [-0.4, -0.2) is 33.3 Å². The van der Waals surface area contributed by atoms with Crippen molar-refractivity contribution in [1.82, 2.24) is 15.2 Å². The van der Waals surface area contributed by atoms with Crippen LogP contribution in [0.3, 0.4) is 0 Å². The third-order valence-electron chi connectivity index (χ3n) is 4.30. The number of carbonyl (C=O) groups is 1. The van der Waals surface area contributed by atoms with Crippen LogP contribution in [0.15, 0.2) is 53.1 Å². The number of methoxy groups -OCH3 is 1. The number of fused-ring (bicyclic) bond motifs is 1. The minimum Gasteiger partial charge on any atom is -0.508 e. The number of H-pyrrole nitrogens is 1. The third-order valence-corrected chi connectivity index (χ3v) is 4.30. The number of hydrogen-bond donors (Lipinski definition) is 3. The fourth-order valence-electron chi connectivity index (χ4n) is 2.83. The van der Waals surface area contributed by atoms with Crippen LogP contribution in [-0.2, 0) is 11.2 Å². The molecule has 2 aromatic carbocycles. The van der Waals surface area contributed by atoms with Crippen molar-refractivity contribution in [3.8, 4) is 22.8 Å². The van der Waals surface area contributed by atoms with E-state index in [0.29, 0.717) is 29.4 Å². The molecule has 8 nitrogen and oxygen atoms in total. The maximum Gasteiger partial charge on any atom is 0.226 e. The van der Waals surface area contributed by atoms with Crippen molar-refractivity contribution in [2.75, 3.05) is 12.4 Å². The number of nitrogens with one attached hydrogen (secondary N) is 2. The lowest BCUT2D eigenvalue weighted by molar-refractivity contribution is -0.116. The molecule has 0 saturated heterocycles. The van der Waals surface area contributed by atoms with E-state index in [1.54, 1.807) is 31.5 Å². The van der Waals surface area contributed by atoms with E-state index in [0.717, 1.165) is 16.7 Å². The van der Waals surface area contributed by atoms with Gasteiger partial charge in [-0.15, -0.1) is 0 Å². The summed E-state index contributed by atoms with van der Waals surface area (Å²) < 4.78 is 10.9. The van der Waals surface area contributed by atoms with Gasteiger partial charge in [-0.2, -0.15) is 5.10 Å². The van der Waals surface area contributed by atoms with Gasteiger partial charge in [0.15, 0.2) is 17.5 Å². The van der Waals surface area contributed by atoms with Crippen molar-refractivity contribution in [3.05, 3.63) is 54.6 Å². The van der Waals surface area contributed by atoms with Crippen LogP contribution < -0.4 is 10.1 Å². The molecule has 0 atom stereocenters. The van der Waals surface area contributed by atoms with Crippen molar-refractivity contribution in [2.45, 2.75) is 12.8 Å². The molecule has 0 radical (unpaired) electrons. The Hall–Kier alpha value is -3.81. The first-order chi connectivity index (χ1) is 13.6. The molecule has 0 aliphatic rings. The fraction of sp³-hybridized carbons (Fsp3) is 0.150. The number of phenols is 1. The van der Waals surface area contributed by atoms with E-state index in [1.807, 2.05) is 24.3 Å². The number of amides is 1. The summed E-state index contributed by atoms with van der Waals surface area (Å²) in [6.45, 7) is 0. The summed E-state index contributed by atoms with van der Waals surface area (Å²) in [4.78, 5) is 16.5. The third kappa shape index (κ3) is 3.66. The first kappa shape index (κ1) is 17.6. The molecule has 8 heteroatoms. The Labute approximate surface area is 160 Å². The van der Waals surface area contributed by atoms with E-state index in [-0.39, 0.29) is 18.1 Å². The number of aromatic amines is 1. The average Bonchev–Trinajstić information content (AvgIpc) is 3.33. The number of nitrogens with zero attached hydrogens (tertiary/aromatic N) is 2. The molecule has 2 aromatic heterocycles. The molecular weight excluding hydrogens is 360 g/mol. The lowest BCUT2D eigenvalue weighted by Crippen LogP contribution is -2.12. The van der Waals surface area contributed by atoms with Crippen molar-refractivity contribution in [2.24, 2.45) is 0 Å². The largest absolute Gasteiger partial charge is 0.508 e. The molecule has 0 bridgehead atoms. The number of aromatic nitrogens is 3. The second-order valence-electron chi connectivity index (χ2n) is 6.20. The summed E-state index contributed by atoms with van der Waals surface area (Å²) in [7, 11) is 1.61. The van der Waals surface area contributed by atoms with Gasteiger partial charge in [0.05, 0.1) is 18.8 Å². The van der Waals surface area contributed by atoms with Crippen LogP contribution in [0.4, 0.5) is 5.82 Å². The molecule has 3 N–H and O–H groups in total. The van der Waals surface area contributed by atoms with Crippen molar-refractivity contribution in [1.29, 1.82) is 0 Å². The molecule has 4 aromatic rings. The van der Waals surface area contributed by atoms with Crippen LogP contribution in [0.5, 0.6) is 11.5 Å². The molecule has 0 aliphatic carbocycles. The minimum absolute atomic E-state index is 0.130. The molecule has 2 heterocycles. The van der Waals surface area contributed by atoms with E-state index in [2.05, 4.69) is 20.5 Å². The van der Waals surface area contributed by atoms with Crippen molar-refractivity contribution in [3.63, 3.8) is 0 Å². The maximum atomic E-state index is 12.2. The molecule has 142 valence electrons. The highest BCUT2D eigenvalue weighted by Crippen LogP contribution is 2.25. The number of hydrogen-bond acceptors (Lipinski definition) is 6. The predicted molar refractivity (Wildman–Crippen MR) is 103 cm³/mol. The fourth-order valence-corrected chi connectivity index (χ4v) is 2.83. The van der Waals surface area contributed by atoms with Gasteiger partial charge in [-0.1, -0.05) is 0 Å². The SMILES string of the molecule is COc1ccc(-c2cnc(CCC(=O)Nc3n[nH]c4cc(O)ccc34)o2)cc1. The van der Waals surface area contributed by atoms with E-state index in [1.165, 1.54) is 0 Å². The highest BCUT2D eigenvalue weighted by Gasteiger charge is 2.12. The van der Waals surface area contributed by atoms with Gasteiger partial charge < -0.3 is 19.6 Å². The monoisotopic (exact) mass is 378 g/mol. The van der Waals surface area contributed by atoms with Gasteiger partial charge in [-0.05, 0) is 36.4 Å². The number of ether oxygens (including phenoxy) is 1. The molecule has 0 saturated carbocycles. The summed E-state index contributed by atoms with van der Waals surface area (Å²) in [5.41, 5.74) is 1.53. The van der Waals surface area contributed by atoms with Gasteiger partial charge in [0.1, 0.15) is 11.5 Å². The van der Waals surface area contributed by atoms with Crippen LogP contribution in [0.1, 0.15) is 12.3 Å². The molecule has 0 unspecified atom stereocenters. The number of rotatable bonds is 6. The smallest absolute Gasteiger partial charge is 0.226 e. The van der Waals surface area contributed by atoms with Gasteiger partial charge in [-0.3, -0.25) is 9.89 Å². The minimum atomic E-state index is -0.203. The first-order valence-corrected chi connectivity index (χ1v) is 8.68.